The van der Waals surface area contributed by atoms with Gasteiger partial charge in [-0.2, -0.15) is 5.26 Å². The van der Waals surface area contributed by atoms with Gasteiger partial charge in [0.25, 0.3) is 0 Å². The van der Waals surface area contributed by atoms with Gasteiger partial charge in [0.15, 0.2) is 0 Å². The molecule has 0 fully saturated rings. The van der Waals surface area contributed by atoms with E-state index in [1.807, 2.05) is 12.1 Å². The summed E-state index contributed by atoms with van der Waals surface area (Å²) in [7, 11) is 0. The van der Waals surface area contributed by atoms with Gasteiger partial charge in [-0.25, -0.2) is 4.98 Å². The molecule has 0 aliphatic rings. The molecule has 0 aliphatic carbocycles. The largest absolute Gasteiger partial charge is 0.385 e. The molecule has 1 rings (SSSR count). The second-order valence-electron chi connectivity index (χ2n) is 4.29. The van der Waals surface area contributed by atoms with Crippen molar-refractivity contribution in [2.45, 2.75) is 20.3 Å². The van der Waals surface area contributed by atoms with E-state index in [1.54, 1.807) is 12.3 Å². The van der Waals surface area contributed by atoms with Crippen LogP contribution in [0.15, 0.2) is 18.3 Å². The van der Waals surface area contributed by atoms with Gasteiger partial charge in [0.1, 0.15) is 11.8 Å². The van der Waals surface area contributed by atoms with Gasteiger partial charge in [0, 0.05) is 31.6 Å². The van der Waals surface area contributed by atoms with Crippen LogP contribution < -0.4 is 5.32 Å². The monoisotopic (exact) mass is 233 g/mol. The first-order valence-electron chi connectivity index (χ1n) is 5.90. The SMILES string of the molecule is CC(C)COCCCNc1ccnc(C#N)c1. The molecule has 1 aromatic rings. The third-order valence-corrected chi connectivity index (χ3v) is 2.12. The molecule has 17 heavy (non-hydrogen) atoms. The van der Waals surface area contributed by atoms with Crippen LogP contribution >= 0.6 is 0 Å². The third-order valence-electron chi connectivity index (χ3n) is 2.12. The van der Waals surface area contributed by atoms with Crippen LogP contribution in [-0.2, 0) is 4.74 Å². The van der Waals surface area contributed by atoms with Gasteiger partial charge >= 0.3 is 0 Å². The molecule has 1 N–H and O–H groups in total. The van der Waals surface area contributed by atoms with Crippen molar-refractivity contribution in [2.24, 2.45) is 5.92 Å². The van der Waals surface area contributed by atoms with Crippen molar-refractivity contribution < 1.29 is 4.74 Å². The van der Waals surface area contributed by atoms with Crippen molar-refractivity contribution in [1.29, 1.82) is 5.26 Å². The van der Waals surface area contributed by atoms with Crippen molar-refractivity contribution in [3.05, 3.63) is 24.0 Å². The van der Waals surface area contributed by atoms with Crippen molar-refractivity contribution in [1.82, 2.24) is 4.98 Å². The van der Waals surface area contributed by atoms with Gasteiger partial charge in [0.2, 0.25) is 0 Å². The molecule has 0 saturated carbocycles. The lowest BCUT2D eigenvalue weighted by Crippen LogP contribution is -2.08. The highest BCUT2D eigenvalue weighted by Crippen LogP contribution is 2.06. The standard InChI is InChI=1S/C13H19N3O/c1-11(2)10-17-7-3-5-15-12-4-6-16-13(8-12)9-14/h4,6,8,11H,3,5,7,10H2,1-2H3,(H,15,16). The number of pyridine rings is 1. The highest BCUT2D eigenvalue weighted by molar-refractivity contribution is 5.45. The summed E-state index contributed by atoms with van der Waals surface area (Å²) in [5.41, 5.74) is 1.37. The number of ether oxygens (including phenoxy) is 1. The van der Waals surface area contributed by atoms with Gasteiger partial charge < -0.3 is 10.1 Å². The first kappa shape index (κ1) is 13.5. The minimum Gasteiger partial charge on any atom is -0.385 e. The van der Waals surface area contributed by atoms with Crippen molar-refractivity contribution in [3.8, 4) is 6.07 Å². The van der Waals surface area contributed by atoms with E-state index in [0.717, 1.165) is 31.9 Å². The molecule has 0 unspecified atom stereocenters. The summed E-state index contributed by atoms with van der Waals surface area (Å²) in [5, 5.41) is 11.9. The predicted molar refractivity (Wildman–Crippen MR) is 67.7 cm³/mol. The molecule has 92 valence electrons. The van der Waals surface area contributed by atoms with Gasteiger partial charge in [-0.05, 0) is 24.5 Å². The molecule has 0 atom stereocenters. The molecular formula is C13H19N3O. The second-order valence-corrected chi connectivity index (χ2v) is 4.29. The zero-order valence-electron chi connectivity index (χ0n) is 10.4. The Morgan fingerprint density at radius 1 is 1.53 bits per heavy atom. The quantitative estimate of drug-likeness (QED) is 0.735. The molecule has 0 aromatic carbocycles. The summed E-state index contributed by atoms with van der Waals surface area (Å²) in [6, 6.07) is 5.62. The molecule has 0 bridgehead atoms. The van der Waals surface area contributed by atoms with E-state index in [1.165, 1.54) is 0 Å². The zero-order valence-corrected chi connectivity index (χ0v) is 10.4. The first-order valence-corrected chi connectivity index (χ1v) is 5.90. The van der Waals surface area contributed by atoms with Crippen LogP contribution in [0.4, 0.5) is 5.69 Å². The lowest BCUT2D eigenvalue weighted by molar-refractivity contribution is 0.110. The smallest absolute Gasteiger partial charge is 0.142 e. The Bertz CT molecular complexity index is 371. The Morgan fingerprint density at radius 3 is 3.06 bits per heavy atom. The van der Waals surface area contributed by atoms with Crippen molar-refractivity contribution in [2.75, 3.05) is 25.1 Å². The summed E-state index contributed by atoms with van der Waals surface area (Å²) in [6.07, 6.45) is 2.59. The number of nitrogens with zero attached hydrogens (tertiary/aromatic N) is 2. The fourth-order valence-corrected chi connectivity index (χ4v) is 1.33. The van der Waals surface area contributed by atoms with Gasteiger partial charge in [-0.1, -0.05) is 13.8 Å². The Labute approximate surface area is 103 Å². The Hall–Kier alpha value is -1.60. The van der Waals surface area contributed by atoms with Crippen LogP contribution in [0.1, 0.15) is 26.0 Å². The summed E-state index contributed by atoms with van der Waals surface area (Å²) in [4.78, 5) is 3.91. The van der Waals surface area contributed by atoms with Crippen LogP contribution in [0.5, 0.6) is 0 Å². The van der Waals surface area contributed by atoms with Crippen LogP contribution in [0.25, 0.3) is 0 Å². The van der Waals surface area contributed by atoms with Crippen LogP contribution in [0, 0.1) is 17.2 Å². The number of nitriles is 1. The molecule has 4 heteroatoms. The number of hydrogen-bond acceptors (Lipinski definition) is 4. The number of nitrogens with one attached hydrogen (secondary N) is 1. The fourth-order valence-electron chi connectivity index (χ4n) is 1.33. The average Bonchev–Trinajstić information content (AvgIpc) is 2.33. The minimum atomic E-state index is 0.436. The fraction of sp³-hybridized carbons (Fsp3) is 0.538. The summed E-state index contributed by atoms with van der Waals surface area (Å²) < 4.78 is 5.47. The molecule has 0 spiro atoms. The maximum atomic E-state index is 8.70. The van der Waals surface area contributed by atoms with Gasteiger partial charge in [0.05, 0.1) is 0 Å². The first-order chi connectivity index (χ1) is 8.22. The van der Waals surface area contributed by atoms with E-state index < -0.39 is 0 Å². The number of aromatic nitrogens is 1. The Kier molecular flexibility index (Phi) is 6.05. The Morgan fingerprint density at radius 2 is 2.35 bits per heavy atom. The maximum Gasteiger partial charge on any atom is 0.142 e. The van der Waals surface area contributed by atoms with E-state index in [4.69, 9.17) is 10.00 Å². The molecule has 0 saturated heterocycles. The predicted octanol–water partition coefficient (Wildman–Crippen LogP) is 2.43. The average molecular weight is 233 g/mol. The molecule has 0 radical (unpaired) electrons. The lowest BCUT2D eigenvalue weighted by Gasteiger charge is -2.08. The van der Waals surface area contributed by atoms with Crippen LogP contribution in [0.2, 0.25) is 0 Å². The van der Waals surface area contributed by atoms with E-state index in [-0.39, 0.29) is 0 Å². The number of anilines is 1. The molecule has 0 aliphatic heterocycles. The Balaban J connectivity index is 2.16. The highest BCUT2D eigenvalue weighted by atomic mass is 16.5. The van der Waals surface area contributed by atoms with Gasteiger partial charge in [-0.3, -0.25) is 0 Å². The summed E-state index contributed by atoms with van der Waals surface area (Å²) >= 11 is 0. The van der Waals surface area contributed by atoms with Crippen molar-refractivity contribution in [3.63, 3.8) is 0 Å². The number of rotatable bonds is 7. The normalized spacial score (nSPS) is 10.2. The minimum absolute atomic E-state index is 0.436. The topological polar surface area (TPSA) is 57.9 Å². The van der Waals surface area contributed by atoms with Crippen molar-refractivity contribution >= 4 is 5.69 Å². The zero-order chi connectivity index (χ0) is 12.5. The molecule has 0 amide bonds. The van der Waals surface area contributed by atoms with Crippen LogP contribution in [-0.4, -0.2) is 24.7 Å². The third kappa shape index (κ3) is 5.88. The van der Waals surface area contributed by atoms with Crippen LogP contribution in [0.3, 0.4) is 0 Å². The lowest BCUT2D eigenvalue weighted by atomic mass is 10.2. The molecular weight excluding hydrogens is 214 g/mol. The van der Waals surface area contributed by atoms with Gasteiger partial charge in [-0.15, -0.1) is 0 Å². The summed E-state index contributed by atoms with van der Waals surface area (Å²) in [6.45, 7) is 6.69. The maximum absolute atomic E-state index is 8.70. The second kappa shape index (κ2) is 7.64. The number of hydrogen-bond donors (Lipinski definition) is 1. The molecule has 1 aromatic heterocycles. The van der Waals surface area contributed by atoms with E-state index >= 15 is 0 Å². The highest BCUT2D eigenvalue weighted by Gasteiger charge is 1.96. The van der Waals surface area contributed by atoms with E-state index in [2.05, 4.69) is 24.1 Å². The van der Waals surface area contributed by atoms with E-state index in [9.17, 15) is 0 Å². The molecule has 1 heterocycles. The van der Waals surface area contributed by atoms with E-state index in [0.29, 0.717) is 11.6 Å². The molecule has 4 nitrogen and oxygen atoms in total. The summed E-state index contributed by atoms with van der Waals surface area (Å²) in [5.74, 6) is 0.585.